The van der Waals surface area contributed by atoms with Gasteiger partial charge in [-0.1, -0.05) is 0 Å². The van der Waals surface area contributed by atoms with Crippen LogP contribution in [0.1, 0.15) is 12.5 Å². The van der Waals surface area contributed by atoms with Crippen molar-refractivity contribution in [3.8, 4) is 0 Å². The molecule has 0 saturated heterocycles. The Morgan fingerprint density at radius 1 is 1.46 bits per heavy atom. The molecule has 0 aromatic carbocycles. The number of thiophene rings is 1. The molecule has 0 aliphatic rings. The third-order valence-electron chi connectivity index (χ3n) is 1.38. The van der Waals surface area contributed by atoms with E-state index in [0.717, 1.165) is 12.1 Å². The van der Waals surface area contributed by atoms with Gasteiger partial charge in [0.15, 0.2) is 0 Å². The van der Waals surface area contributed by atoms with E-state index in [4.69, 9.17) is 11.5 Å². The lowest BCUT2D eigenvalue weighted by Crippen LogP contribution is -2.22. The number of hydrogen-bond acceptors (Lipinski definition) is 3. The molecule has 4 nitrogen and oxygen atoms in total. The number of nitrogens with two attached hydrogens (primary N) is 2. The van der Waals surface area contributed by atoms with Gasteiger partial charge in [-0.05, 0) is 29.3 Å². The van der Waals surface area contributed by atoms with E-state index in [1.807, 2.05) is 12.3 Å². The minimum atomic E-state index is -0.00957. The second-order valence-corrected chi connectivity index (χ2v) is 3.45. The normalized spacial score (nSPS) is 11.3. The highest BCUT2D eigenvalue weighted by Crippen LogP contribution is 2.07. The fraction of sp³-hybridized carbons (Fsp3) is 0.250. The van der Waals surface area contributed by atoms with Gasteiger partial charge in [0.25, 0.3) is 0 Å². The van der Waals surface area contributed by atoms with E-state index < -0.39 is 0 Å². The fourth-order valence-corrected chi connectivity index (χ4v) is 1.54. The van der Waals surface area contributed by atoms with Crippen molar-refractivity contribution in [3.63, 3.8) is 0 Å². The van der Waals surface area contributed by atoms with Crippen LogP contribution in [0.2, 0.25) is 0 Å². The van der Waals surface area contributed by atoms with Gasteiger partial charge in [-0.2, -0.15) is 16.4 Å². The summed E-state index contributed by atoms with van der Waals surface area (Å²) in [5.74, 6) is -0.00957. The fourth-order valence-electron chi connectivity index (χ4n) is 0.867. The predicted molar refractivity (Wildman–Crippen MR) is 56.9 cm³/mol. The van der Waals surface area contributed by atoms with Crippen molar-refractivity contribution in [2.75, 3.05) is 0 Å². The monoisotopic (exact) mass is 196 g/mol. The molecule has 70 valence electrons. The average Bonchev–Trinajstić information content (AvgIpc) is 2.53. The van der Waals surface area contributed by atoms with Gasteiger partial charge in [0.2, 0.25) is 5.96 Å². The zero-order valence-electron chi connectivity index (χ0n) is 7.40. The molecule has 0 fully saturated rings. The van der Waals surface area contributed by atoms with Crippen LogP contribution in [0.4, 0.5) is 0 Å². The largest absolute Gasteiger partial charge is 0.369 e. The zero-order chi connectivity index (χ0) is 9.68. The van der Waals surface area contributed by atoms with Crippen LogP contribution < -0.4 is 11.5 Å². The molecule has 0 amide bonds. The molecule has 1 heterocycles. The Bertz CT molecular complexity index is 309. The molecule has 0 spiro atoms. The third kappa shape index (κ3) is 3.71. The van der Waals surface area contributed by atoms with Crippen molar-refractivity contribution in [1.82, 2.24) is 0 Å². The predicted octanol–water partition coefficient (Wildman–Crippen LogP) is 0.940. The molecule has 5 heteroatoms. The molecule has 0 aliphatic heterocycles. The summed E-state index contributed by atoms with van der Waals surface area (Å²) in [7, 11) is 0. The summed E-state index contributed by atoms with van der Waals surface area (Å²) in [6.45, 7) is 1.89. The maximum atomic E-state index is 5.14. The Kier molecular flexibility index (Phi) is 3.45. The zero-order valence-corrected chi connectivity index (χ0v) is 8.21. The Balaban J connectivity index is 2.55. The van der Waals surface area contributed by atoms with E-state index in [1.165, 1.54) is 5.56 Å². The van der Waals surface area contributed by atoms with E-state index in [-0.39, 0.29) is 5.96 Å². The summed E-state index contributed by atoms with van der Waals surface area (Å²) in [6, 6.07) is 2.05. The molecule has 0 radical (unpaired) electrons. The van der Waals surface area contributed by atoms with Crippen LogP contribution in [0, 0.1) is 0 Å². The highest BCUT2D eigenvalue weighted by atomic mass is 32.1. The Hall–Kier alpha value is -1.36. The Labute approximate surface area is 81.0 Å². The molecular formula is C8H12N4S. The first-order valence-electron chi connectivity index (χ1n) is 3.81. The number of hydrogen-bond donors (Lipinski definition) is 2. The lowest BCUT2D eigenvalue weighted by atomic mass is 10.2. The highest BCUT2D eigenvalue weighted by molar-refractivity contribution is 7.07. The van der Waals surface area contributed by atoms with E-state index in [1.54, 1.807) is 11.3 Å². The first-order chi connectivity index (χ1) is 6.18. The lowest BCUT2D eigenvalue weighted by molar-refractivity contribution is 1.16. The molecule has 13 heavy (non-hydrogen) atoms. The first-order valence-corrected chi connectivity index (χ1v) is 4.76. The van der Waals surface area contributed by atoms with Gasteiger partial charge in [-0.25, -0.2) is 0 Å². The smallest absolute Gasteiger partial charge is 0.211 e. The summed E-state index contributed by atoms with van der Waals surface area (Å²) < 4.78 is 0. The van der Waals surface area contributed by atoms with Gasteiger partial charge in [0.1, 0.15) is 0 Å². The molecule has 4 N–H and O–H groups in total. The van der Waals surface area contributed by atoms with E-state index >= 15 is 0 Å². The van der Waals surface area contributed by atoms with Crippen LogP contribution in [-0.2, 0) is 6.42 Å². The van der Waals surface area contributed by atoms with Crippen molar-refractivity contribution in [2.45, 2.75) is 13.3 Å². The van der Waals surface area contributed by atoms with Crippen LogP contribution in [0.25, 0.3) is 0 Å². The van der Waals surface area contributed by atoms with Crippen molar-refractivity contribution < 1.29 is 0 Å². The average molecular weight is 196 g/mol. The first kappa shape index (κ1) is 9.73. The lowest BCUT2D eigenvalue weighted by Gasteiger charge is -1.94. The van der Waals surface area contributed by atoms with Crippen molar-refractivity contribution >= 4 is 23.0 Å². The van der Waals surface area contributed by atoms with Crippen LogP contribution in [-0.4, -0.2) is 11.7 Å². The summed E-state index contributed by atoms with van der Waals surface area (Å²) in [5.41, 5.74) is 12.4. The molecule has 1 aromatic heterocycles. The van der Waals surface area contributed by atoms with Crippen molar-refractivity contribution in [1.29, 1.82) is 0 Å². The Morgan fingerprint density at radius 3 is 2.77 bits per heavy atom. The van der Waals surface area contributed by atoms with Crippen LogP contribution in [0.3, 0.4) is 0 Å². The van der Waals surface area contributed by atoms with Gasteiger partial charge < -0.3 is 11.5 Å². The number of nitrogens with zero attached hydrogens (tertiary/aromatic N) is 2. The van der Waals surface area contributed by atoms with E-state index in [0.29, 0.717) is 0 Å². The third-order valence-corrected chi connectivity index (χ3v) is 2.11. The standard InChI is InChI=1S/C8H12N4S/c1-6(11-12-8(9)10)4-7-2-3-13-5-7/h2-3,5H,4H2,1H3,(H4,9,10,12)/b11-6-. The number of guanidine groups is 1. The minimum absolute atomic E-state index is 0.00957. The quantitative estimate of drug-likeness (QED) is 0.429. The summed E-state index contributed by atoms with van der Waals surface area (Å²) in [4.78, 5) is 0. The second kappa shape index (κ2) is 4.61. The summed E-state index contributed by atoms with van der Waals surface area (Å²) >= 11 is 1.67. The van der Waals surface area contributed by atoms with Gasteiger partial charge in [0.05, 0.1) is 0 Å². The van der Waals surface area contributed by atoms with E-state index in [2.05, 4.69) is 21.6 Å². The molecule has 1 aromatic rings. The van der Waals surface area contributed by atoms with Crippen LogP contribution >= 0.6 is 11.3 Å². The second-order valence-electron chi connectivity index (χ2n) is 2.67. The minimum Gasteiger partial charge on any atom is -0.369 e. The maximum Gasteiger partial charge on any atom is 0.211 e. The van der Waals surface area contributed by atoms with Crippen molar-refractivity contribution in [2.24, 2.45) is 21.7 Å². The van der Waals surface area contributed by atoms with Gasteiger partial charge in [-0.3, -0.25) is 0 Å². The molecule has 0 aliphatic carbocycles. The molecule has 1 rings (SSSR count). The summed E-state index contributed by atoms with van der Waals surface area (Å²) in [6.07, 6.45) is 0.792. The van der Waals surface area contributed by atoms with E-state index in [9.17, 15) is 0 Å². The van der Waals surface area contributed by atoms with Gasteiger partial charge in [0, 0.05) is 12.1 Å². The topological polar surface area (TPSA) is 76.8 Å². The molecular weight excluding hydrogens is 184 g/mol. The molecule has 0 saturated carbocycles. The van der Waals surface area contributed by atoms with Crippen LogP contribution in [0.5, 0.6) is 0 Å². The molecule has 0 atom stereocenters. The Morgan fingerprint density at radius 2 is 2.23 bits per heavy atom. The van der Waals surface area contributed by atoms with Gasteiger partial charge in [-0.15, -0.1) is 5.10 Å². The maximum absolute atomic E-state index is 5.14. The van der Waals surface area contributed by atoms with Gasteiger partial charge >= 0.3 is 0 Å². The SMILES string of the molecule is C/C(Cc1ccsc1)=N/N=C(N)N. The van der Waals surface area contributed by atoms with Crippen LogP contribution in [0.15, 0.2) is 27.0 Å². The molecule has 0 bridgehead atoms. The molecule has 0 unspecified atom stereocenters. The highest BCUT2D eigenvalue weighted by Gasteiger charge is 1.95. The van der Waals surface area contributed by atoms with Crippen molar-refractivity contribution in [3.05, 3.63) is 22.4 Å². The number of rotatable bonds is 3. The summed E-state index contributed by atoms with van der Waals surface area (Å²) in [5, 5.41) is 11.5.